The molecule has 0 aliphatic rings. The number of carbonyl (C=O) groups is 2. The van der Waals surface area contributed by atoms with Crippen LogP contribution in [0.5, 0.6) is 11.5 Å². The number of hydrogen-bond donors (Lipinski definition) is 3. The third kappa shape index (κ3) is 6.46. The molecule has 8 heteroatoms. The van der Waals surface area contributed by atoms with E-state index in [1.54, 1.807) is 54.6 Å². The van der Waals surface area contributed by atoms with Crippen molar-refractivity contribution in [2.45, 2.75) is 0 Å². The van der Waals surface area contributed by atoms with Gasteiger partial charge in [-0.25, -0.2) is 9.86 Å². The summed E-state index contributed by atoms with van der Waals surface area (Å²) in [4.78, 5) is 22.3. The van der Waals surface area contributed by atoms with Crippen molar-refractivity contribution in [1.82, 2.24) is 10.4 Å². The Labute approximate surface area is 155 Å². The van der Waals surface area contributed by atoms with Gasteiger partial charge >= 0.3 is 6.03 Å². The summed E-state index contributed by atoms with van der Waals surface area (Å²) >= 11 is 5.84. The molecule has 2 aromatic rings. The van der Waals surface area contributed by atoms with E-state index in [9.17, 15) is 14.8 Å². The first-order valence-corrected chi connectivity index (χ1v) is 8.07. The maximum atomic E-state index is 11.8. The van der Waals surface area contributed by atoms with Crippen molar-refractivity contribution in [3.8, 4) is 11.5 Å². The number of hydrogen-bond acceptors (Lipinski definition) is 4. The lowest BCUT2D eigenvalue weighted by Crippen LogP contribution is -2.38. The molecule has 0 heterocycles. The van der Waals surface area contributed by atoms with Crippen molar-refractivity contribution in [3.63, 3.8) is 0 Å². The molecule has 0 aromatic heterocycles. The number of nitrogens with one attached hydrogen (secondary N) is 1. The van der Waals surface area contributed by atoms with Gasteiger partial charge in [0.05, 0.1) is 6.54 Å². The highest BCUT2D eigenvalue weighted by Gasteiger charge is 2.07. The van der Waals surface area contributed by atoms with E-state index in [2.05, 4.69) is 5.32 Å². The molecule has 2 aromatic carbocycles. The number of ether oxygens (including phenoxy) is 1. The minimum Gasteiger partial charge on any atom is -0.457 e. The average Bonchev–Trinajstić information content (AvgIpc) is 2.61. The number of carbonyl (C=O) groups excluding carboxylic acids is 2. The molecule has 26 heavy (non-hydrogen) atoms. The van der Waals surface area contributed by atoms with Crippen LogP contribution in [0.4, 0.5) is 4.79 Å². The van der Waals surface area contributed by atoms with Gasteiger partial charge in [0.1, 0.15) is 11.5 Å². The summed E-state index contributed by atoms with van der Waals surface area (Å²) in [5.41, 5.74) is 5.61. The van der Waals surface area contributed by atoms with Gasteiger partial charge in [-0.15, -0.1) is 0 Å². The fraction of sp³-hybridized carbons (Fsp3) is 0.111. The Balaban J connectivity index is 1.94. The van der Waals surface area contributed by atoms with Gasteiger partial charge in [0.15, 0.2) is 0 Å². The van der Waals surface area contributed by atoms with E-state index in [0.717, 1.165) is 0 Å². The molecule has 3 amide bonds. The van der Waals surface area contributed by atoms with E-state index in [-0.39, 0.29) is 13.1 Å². The van der Waals surface area contributed by atoms with Gasteiger partial charge in [0.2, 0.25) is 0 Å². The topological polar surface area (TPSA) is 105 Å². The molecule has 0 saturated carbocycles. The van der Waals surface area contributed by atoms with Crippen LogP contribution in [0.2, 0.25) is 5.02 Å². The smallest absolute Gasteiger partial charge is 0.312 e. The Hall–Kier alpha value is -3.03. The first-order chi connectivity index (χ1) is 12.4. The fourth-order valence-electron chi connectivity index (χ4n) is 1.97. The molecule has 136 valence electrons. The standard InChI is InChI=1S/C18H18ClN3O4/c19-14-5-7-15(8-6-14)26-16-3-1-2-13(12-16)4-9-17(23)22(25)11-10-21-18(20)24/h1-9,12,25H,10-11H2,(H3,20,21,24)/b9-4+. The normalized spacial score (nSPS) is 10.5. The second-order valence-electron chi connectivity index (χ2n) is 5.21. The molecule has 0 radical (unpaired) electrons. The summed E-state index contributed by atoms with van der Waals surface area (Å²) < 4.78 is 5.71. The number of primary amides is 1. The molecule has 0 spiro atoms. The second-order valence-corrected chi connectivity index (χ2v) is 5.65. The number of amides is 3. The van der Waals surface area contributed by atoms with Crippen LogP contribution in [0.1, 0.15) is 5.56 Å². The molecule has 0 bridgehead atoms. The van der Waals surface area contributed by atoms with Crippen LogP contribution in [-0.2, 0) is 4.79 Å². The van der Waals surface area contributed by atoms with Gasteiger partial charge in [-0.3, -0.25) is 10.0 Å². The second kappa shape index (κ2) is 9.45. The molecule has 7 nitrogen and oxygen atoms in total. The predicted molar refractivity (Wildman–Crippen MR) is 98.1 cm³/mol. The molecular formula is C18H18ClN3O4. The molecule has 0 unspecified atom stereocenters. The van der Waals surface area contributed by atoms with E-state index < -0.39 is 11.9 Å². The van der Waals surface area contributed by atoms with E-state index in [0.29, 0.717) is 27.1 Å². The number of urea groups is 1. The van der Waals surface area contributed by atoms with E-state index in [1.165, 1.54) is 6.08 Å². The Kier molecular flexibility index (Phi) is 7.02. The summed E-state index contributed by atoms with van der Waals surface area (Å²) in [5.74, 6) is 0.601. The first kappa shape index (κ1) is 19.3. The largest absolute Gasteiger partial charge is 0.457 e. The lowest BCUT2D eigenvalue weighted by Gasteiger charge is -2.12. The van der Waals surface area contributed by atoms with Crippen molar-refractivity contribution in [1.29, 1.82) is 0 Å². The average molecular weight is 376 g/mol. The number of benzene rings is 2. The SMILES string of the molecule is NC(=O)NCCN(O)C(=O)/C=C/c1cccc(Oc2ccc(Cl)cc2)c1. The zero-order valence-corrected chi connectivity index (χ0v) is 14.5. The van der Waals surface area contributed by atoms with Gasteiger partial charge in [-0.05, 0) is 48.0 Å². The monoisotopic (exact) mass is 375 g/mol. The van der Waals surface area contributed by atoms with Crippen molar-refractivity contribution >= 4 is 29.6 Å². The number of hydroxylamine groups is 2. The Morgan fingerprint density at radius 2 is 1.92 bits per heavy atom. The number of rotatable bonds is 7. The van der Waals surface area contributed by atoms with Crippen LogP contribution in [0.25, 0.3) is 6.08 Å². The van der Waals surface area contributed by atoms with Gasteiger partial charge in [0.25, 0.3) is 5.91 Å². The third-order valence-electron chi connectivity index (χ3n) is 3.20. The minimum atomic E-state index is -0.723. The Morgan fingerprint density at radius 1 is 1.19 bits per heavy atom. The molecule has 0 fully saturated rings. The highest BCUT2D eigenvalue weighted by molar-refractivity contribution is 6.30. The number of halogens is 1. The Bertz CT molecular complexity index is 793. The summed E-state index contributed by atoms with van der Waals surface area (Å²) in [6.07, 6.45) is 2.76. The van der Waals surface area contributed by atoms with Crippen molar-refractivity contribution < 1.29 is 19.5 Å². The third-order valence-corrected chi connectivity index (χ3v) is 3.46. The first-order valence-electron chi connectivity index (χ1n) is 7.69. The van der Waals surface area contributed by atoms with E-state index in [4.69, 9.17) is 22.1 Å². The zero-order valence-electron chi connectivity index (χ0n) is 13.8. The number of nitrogens with zero attached hydrogens (tertiary/aromatic N) is 1. The highest BCUT2D eigenvalue weighted by Crippen LogP contribution is 2.24. The minimum absolute atomic E-state index is 0.0514. The molecular weight excluding hydrogens is 358 g/mol. The zero-order chi connectivity index (χ0) is 18.9. The van der Waals surface area contributed by atoms with Gasteiger partial charge in [-0.1, -0.05) is 23.7 Å². The van der Waals surface area contributed by atoms with E-state index in [1.807, 2.05) is 0 Å². The van der Waals surface area contributed by atoms with Crippen LogP contribution < -0.4 is 15.8 Å². The number of nitrogens with two attached hydrogens (primary N) is 1. The summed E-state index contributed by atoms with van der Waals surface area (Å²) in [6, 6.07) is 13.3. The summed E-state index contributed by atoms with van der Waals surface area (Å²) in [5, 5.41) is 13.0. The van der Waals surface area contributed by atoms with Gasteiger partial charge < -0.3 is 15.8 Å². The molecule has 0 saturated heterocycles. The maximum absolute atomic E-state index is 11.8. The molecule has 0 aliphatic heterocycles. The highest BCUT2D eigenvalue weighted by atomic mass is 35.5. The van der Waals surface area contributed by atoms with Crippen molar-refractivity contribution in [2.75, 3.05) is 13.1 Å². The van der Waals surface area contributed by atoms with Crippen LogP contribution in [0.3, 0.4) is 0 Å². The van der Waals surface area contributed by atoms with Crippen LogP contribution in [0, 0.1) is 0 Å². The van der Waals surface area contributed by atoms with Crippen LogP contribution in [-0.4, -0.2) is 35.3 Å². The fourth-order valence-corrected chi connectivity index (χ4v) is 2.10. The van der Waals surface area contributed by atoms with Gasteiger partial charge in [0, 0.05) is 17.6 Å². The predicted octanol–water partition coefficient (Wildman–Crippen LogP) is 3.03. The van der Waals surface area contributed by atoms with Crippen molar-refractivity contribution in [2.24, 2.45) is 5.73 Å². The summed E-state index contributed by atoms with van der Waals surface area (Å²) in [6.45, 7) is -0.0261. The Morgan fingerprint density at radius 3 is 2.62 bits per heavy atom. The lowest BCUT2D eigenvalue weighted by molar-refractivity contribution is -0.158. The molecule has 2 rings (SSSR count). The summed E-state index contributed by atoms with van der Waals surface area (Å²) in [7, 11) is 0. The van der Waals surface area contributed by atoms with Crippen LogP contribution in [0.15, 0.2) is 54.6 Å². The molecule has 0 aliphatic carbocycles. The van der Waals surface area contributed by atoms with Crippen molar-refractivity contribution in [3.05, 3.63) is 65.2 Å². The lowest BCUT2D eigenvalue weighted by atomic mass is 10.2. The molecule has 4 N–H and O–H groups in total. The van der Waals surface area contributed by atoms with Crippen LogP contribution >= 0.6 is 11.6 Å². The van der Waals surface area contributed by atoms with E-state index >= 15 is 0 Å². The molecule has 0 atom stereocenters. The van der Waals surface area contributed by atoms with Gasteiger partial charge in [-0.2, -0.15) is 0 Å². The maximum Gasteiger partial charge on any atom is 0.312 e. The quantitative estimate of drug-likeness (QED) is 0.393.